The lowest BCUT2D eigenvalue weighted by Gasteiger charge is -2.19. The van der Waals surface area contributed by atoms with Gasteiger partial charge in [0.1, 0.15) is 0 Å². The van der Waals surface area contributed by atoms with Gasteiger partial charge in [0.05, 0.1) is 11.8 Å². The second-order valence-electron chi connectivity index (χ2n) is 7.89. The number of hydrogen-bond acceptors (Lipinski definition) is 2. The van der Waals surface area contributed by atoms with Crippen molar-refractivity contribution in [3.63, 3.8) is 0 Å². The Morgan fingerprint density at radius 2 is 1.57 bits per heavy atom. The Labute approximate surface area is 175 Å². The Hall–Kier alpha value is -2.66. The van der Waals surface area contributed by atoms with Crippen molar-refractivity contribution >= 4 is 0 Å². The van der Waals surface area contributed by atoms with Gasteiger partial charge in [0.25, 0.3) is 0 Å². The van der Waals surface area contributed by atoms with Crippen LogP contribution in [0.5, 0.6) is 0 Å². The molecule has 0 fully saturated rings. The van der Waals surface area contributed by atoms with E-state index in [1.165, 1.54) is 11.6 Å². The van der Waals surface area contributed by atoms with Crippen molar-refractivity contribution in [3.8, 4) is 11.3 Å². The summed E-state index contributed by atoms with van der Waals surface area (Å²) in [5.41, 5.74) is 1.89. The second kappa shape index (κ2) is 9.43. The highest BCUT2D eigenvalue weighted by atomic mass is 19.4. The monoisotopic (exact) mass is 413 g/mol. The lowest BCUT2D eigenvalue weighted by Crippen LogP contribution is -2.16. The van der Waals surface area contributed by atoms with Crippen molar-refractivity contribution in [2.24, 2.45) is 5.92 Å². The summed E-state index contributed by atoms with van der Waals surface area (Å²) in [4.78, 5) is 3.87. The van der Waals surface area contributed by atoms with Gasteiger partial charge in [0, 0.05) is 11.1 Å². The molecule has 0 aliphatic carbocycles. The third kappa shape index (κ3) is 5.70. The minimum absolute atomic E-state index is 0.162. The standard InChI is InChI=1S/C25H26F3NO/c1-17-8-11-20(12-9-17)22-14-13-21(24(29-22)25(26,27)28)23(30)15-10-18(2)16-19-6-4-3-5-7-19/h3-9,11-14,18,23,30H,10,15-16H2,1-2H3/t18-,23?/m0/s1. The number of rotatable bonds is 7. The Morgan fingerprint density at radius 1 is 0.900 bits per heavy atom. The molecule has 2 atom stereocenters. The number of hydrogen-bond donors (Lipinski definition) is 1. The smallest absolute Gasteiger partial charge is 0.388 e. The zero-order valence-corrected chi connectivity index (χ0v) is 17.2. The van der Waals surface area contributed by atoms with E-state index in [1.54, 1.807) is 18.2 Å². The number of aliphatic hydroxyl groups is 1. The summed E-state index contributed by atoms with van der Waals surface area (Å²) < 4.78 is 41.0. The molecule has 5 heteroatoms. The number of aryl methyl sites for hydroxylation is 1. The highest BCUT2D eigenvalue weighted by Gasteiger charge is 2.37. The molecule has 1 unspecified atom stereocenters. The molecule has 1 heterocycles. The molecule has 0 amide bonds. The van der Waals surface area contributed by atoms with E-state index in [0.29, 0.717) is 12.0 Å². The van der Waals surface area contributed by atoms with E-state index in [9.17, 15) is 18.3 Å². The number of alkyl halides is 3. The molecule has 0 spiro atoms. The van der Waals surface area contributed by atoms with Crippen LogP contribution in [0.4, 0.5) is 13.2 Å². The number of nitrogens with zero attached hydrogens (tertiary/aromatic N) is 1. The third-order valence-electron chi connectivity index (χ3n) is 5.26. The van der Waals surface area contributed by atoms with Gasteiger partial charge in [0.15, 0.2) is 5.69 Å². The van der Waals surface area contributed by atoms with Gasteiger partial charge in [-0.25, -0.2) is 4.98 Å². The number of pyridine rings is 1. The Kier molecular flexibility index (Phi) is 6.93. The maximum absolute atomic E-state index is 13.7. The first kappa shape index (κ1) is 22.0. The average Bonchev–Trinajstić information content (AvgIpc) is 2.72. The van der Waals surface area contributed by atoms with Crippen molar-refractivity contribution in [3.05, 3.63) is 89.1 Å². The minimum Gasteiger partial charge on any atom is -0.388 e. The Bertz CT molecular complexity index is 952. The van der Waals surface area contributed by atoms with E-state index in [2.05, 4.69) is 4.98 Å². The molecule has 1 aromatic heterocycles. The molecule has 3 aromatic rings. The van der Waals surface area contributed by atoms with Gasteiger partial charge in [-0.3, -0.25) is 0 Å². The van der Waals surface area contributed by atoms with Crippen LogP contribution in [0.15, 0.2) is 66.7 Å². The highest BCUT2D eigenvalue weighted by Crippen LogP contribution is 2.36. The lowest BCUT2D eigenvalue weighted by atomic mass is 9.93. The molecular weight excluding hydrogens is 387 g/mol. The summed E-state index contributed by atoms with van der Waals surface area (Å²) in [6.45, 7) is 3.96. The van der Waals surface area contributed by atoms with Crippen LogP contribution in [-0.4, -0.2) is 10.1 Å². The van der Waals surface area contributed by atoms with Crippen molar-refractivity contribution in [2.75, 3.05) is 0 Å². The summed E-state index contributed by atoms with van der Waals surface area (Å²) in [5, 5.41) is 10.5. The van der Waals surface area contributed by atoms with Crippen LogP contribution in [0.3, 0.4) is 0 Å². The molecule has 0 aliphatic heterocycles. The molecule has 30 heavy (non-hydrogen) atoms. The number of halogens is 3. The fourth-order valence-electron chi connectivity index (χ4n) is 3.57. The predicted molar refractivity (Wildman–Crippen MR) is 113 cm³/mol. The fourth-order valence-corrected chi connectivity index (χ4v) is 3.57. The first-order chi connectivity index (χ1) is 14.2. The van der Waals surface area contributed by atoms with Gasteiger partial charge in [-0.2, -0.15) is 13.2 Å². The van der Waals surface area contributed by atoms with E-state index in [0.717, 1.165) is 12.0 Å². The van der Waals surface area contributed by atoms with Crippen LogP contribution >= 0.6 is 0 Å². The first-order valence-electron chi connectivity index (χ1n) is 10.1. The lowest BCUT2D eigenvalue weighted by molar-refractivity contribution is -0.142. The molecule has 1 N–H and O–H groups in total. The van der Waals surface area contributed by atoms with Crippen molar-refractivity contribution < 1.29 is 18.3 Å². The van der Waals surface area contributed by atoms with Gasteiger partial charge in [0.2, 0.25) is 0 Å². The second-order valence-corrected chi connectivity index (χ2v) is 7.89. The van der Waals surface area contributed by atoms with E-state index < -0.39 is 18.0 Å². The molecule has 0 saturated heterocycles. The molecular formula is C25H26F3NO. The number of benzene rings is 2. The summed E-state index contributed by atoms with van der Waals surface area (Å²) in [7, 11) is 0. The molecule has 0 radical (unpaired) electrons. The summed E-state index contributed by atoms with van der Waals surface area (Å²) in [6.07, 6.45) is -4.15. The van der Waals surface area contributed by atoms with Crippen molar-refractivity contribution in [1.29, 1.82) is 0 Å². The highest BCUT2D eigenvalue weighted by molar-refractivity contribution is 5.60. The van der Waals surface area contributed by atoms with Gasteiger partial charge < -0.3 is 5.11 Å². The van der Waals surface area contributed by atoms with Gasteiger partial charge in [-0.05, 0) is 43.7 Å². The SMILES string of the molecule is Cc1ccc(-c2ccc(C(O)CC[C@H](C)Cc3ccccc3)c(C(F)(F)F)n2)cc1. The largest absolute Gasteiger partial charge is 0.433 e. The van der Waals surface area contributed by atoms with Crippen LogP contribution in [-0.2, 0) is 12.6 Å². The topological polar surface area (TPSA) is 33.1 Å². The first-order valence-corrected chi connectivity index (χ1v) is 10.1. The van der Waals surface area contributed by atoms with Crippen molar-refractivity contribution in [2.45, 2.75) is 45.4 Å². The van der Waals surface area contributed by atoms with Gasteiger partial charge >= 0.3 is 6.18 Å². The number of aliphatic hydroxyl groups excluding tert-OH is 1. The zero-order chi connectivity index (χ0) is 21.7. The Morgan fingerprint density at radius 3 is 2.20 bits per heavy atom. The molecule has 0 bridgehead atoms. The van der Waals surface area contributed by atoms with E-state index in [4.69, 9.17) is 0 Å². The van der Waals surface area contributed by atoms with Crippen LogP contribution in [0.25, 0.3) is 11.3 Å². The quantitative estimate of drug-likeness (QED) is 0.464. The maximum Gasteiger partial charge on any atom is 0.433 e. The number of aromatic nitrogens is 1. The summed E-state index contributed by atoms with van der Waals surface area (Å²) >= 11 is 0. The van der Waals surface area contributed by atoms with Crippen LogP contribution < -0.4 is 0 Å². The Balaban J connectivity index is 1.75. The summed E-state index contributed by atoms with van der Waals surface area (Å²) in [6, 6.07) is 20.0. The van der Waals surface area contributed by atoms with Crippen LogP contribution in [0, 0.1) is 12.8 Å². The van der Waals surface area contributed by atoms with Crippen molar-refractivity contribution in [1.82, 2.24) is 4.98 Å². The molecule has 158 valence electrons. The van der Waals surface area contributed by atoms with E-state index >= 15 is 0 Å². The molecule has 0 saturated carbocycles. The zero-order valence-electron chi connectivity index (χ0n) is 17.2. The predicted octanol–water partition coefficient (Wildman–Crippen LogP) is 6.77. The maximum atomic E-state index is 13.7. The summed E-state index contributed by atoms with van der Waals surface area (Å²) in [5.74, 6) is 0.246. The molecule has 2 nitrogen and oxygen atoms in total. The van der Waals surface area contributed by atoms with Crippen LogP contribution in [0.2, 0.25) is 0 Å². The van der Waals surface area contributed by atoms with Gasteiger partial charge in [-0.15, -0.1) is 0 Å². The molecule has 2 aromatic carbocycles. The van der Waals surface area contributed by atoms with E-state index in [1.807, 2.05) is 56.3 Å². The minimum atomic E-state index is -4.63. The van der Waals surface area contributed by atoms with Gasteiger partial charge in [-0.1, -0.05) is 73.2 Å². The van der Waals surface area contributed by atoms with E-state index in [-0.39, 0.29) is 23.6 Å². The molecule has 3 rings (SSSR count). The fraction of sp³-hybridized carbons (Fsp3) is 0.320. The van der Waals surface area contributed by atoms with Crippen LogP contribution in [0.1, 0.15) is 48.3 Å². The third-order valence-corrected chi connectivity index (χ3v) is 5.26. The average molecular weight is 413 g/mol. The normalized spacial score (nSPS) is 13.8. The molecule has 0 aliphatic rings.